The Morgan fingerprint density at radius 2 is 2.00 bits per heavy atom. The van der Waals surface area contributed by atoms with Crippen molar-refractivity contribution in [2.24, 2.45) is 16.6 Å². The molecule has 0 spiro atoms. The lowest BCUT2D eigenvalue weighted by atomic mass is 9.97. The zero-order valence-electron chi connectivity index (χ0n) is 15.6. The quantitative estimate of drug-likeness (QED) is 0.355. The van der Waals surface area contributed by atoms with Crippen molar-refractivity contribution in [2.75, 3.05) is 19.6 Å². The second-order valence-electron chi connectivity index (χ2n) is 6.87. The van der Waals surface area contributed by atoms with Crippen LogP contribution >= 0.6 is 24.0 Å². The van der Waals surface area contributed by atoms with E-state index in [2.05, 4.69) is 33.8 Å². The summed E-state index contributed by atoms with van der Waals surface area (Å²) in [6, 6.07) is 6.17. The molecule has 1 aromatic rings. The highest BCUT2D eigenvalue weighted by Gasteiger charge is 2.30. The molecule has 3 N–H and O–H groups in total. The molecule has 1 saturated heterocycles. The fraction of sp³-hybridized carbons (Fsp3) is 0.611. The van der Waals surface area contributed by atoms with Crippen LogP contribution in [0.3, 0.4) is 0 Å². The van der Waals surface area contributed by atoms with Gasteiger partial charge in [0.25, 0.3) is 0 Å². The summed E-state index contributed by atoms with van der Waals surface area (Å²) in [5, 5.41) is 3.15. The van der Waals surface area contributed by atoms with E-state index in [4.69, 9.17) is 5.73 Å². The molecular weight excluding hydrogens is 472 g/mol. The monoisotopic (exact) mass is 500 g/mol. The number of aliphatic imine (C=N–C) groups is 1. The van der Waals surface area contributed by atoms with E-state index < -0.39 is 6.36 Å². The summed E-state index contributed by atoms with van der Waals surface area (Å²) < 4.78 is 40.2. The number of benzene rings is 1. The number of alkyl halides is 3. The average molecular weight is 500 g/mol. The van der Waals surface area contributed by atoms with E-state index in [-0.39, 0.29) is 29.7 Å². The standard InChI is InChI=1S/C18H27F3N4O.HI/c1-13(2)25-9-3-4-15(12-25)11-24-17(22)23-10-14-5-7-16(8-6-14)26-18(19,20)21;/h5-8,13,15H,3-4,9-12H2,1-2H3,(H3,22,23,24);1H. The Morgan fingerprint density at radius 1 is 1.33 bits per heavy atom. The first-order valence-corrected chi connectivity index (χ1v) is 8.85. The van der Waals surface area contributed by atoms with Crippen molar-refractivity contribution in [1.29, 1.82) is 0 Å². The Hall–Kier alpha value is -1.23. The molecular formula is C18H28F3IN4O. The summed E-state index contributed by atoms with van der Waals surface area (Å²) in [5.74, 6) is 0.643. The van der Waals surface area contributed by atoms with Gasteiger partial charge in [0.1, 0.15) is 5.75 Å². The summed E-state index contributed by atoms with van der Waals surface area (Å²) in [4.78, 5) is 6.71. The van der Waals surface area contributed by atoms with Gasteiger partial charge in [0, 0.05) is 19.1 Å². The zero-order valence-corrected chi connectivity index (χ0v) is 18.0. The summed E-state index contributed by atoms with van der Waals surface area (Å²) in [7, 11) is 0. The molecule has 1 fully saturated rings. The molecule has 1 atom stereocenters. The average Bonchev–Trinajstić information content (AvgIpc) is 2.58. The second-order valence-corrected chi connectivity index (χ2v) is 6.87. The number of nitrogens with zero attached hydrogens (tertiary/aromatic N) is 2. The topological polar surface area (TPSA) is 62.9 Å². The number of piperidine rings is 1. The van der Waals surface area contributed by atoms with Crippen molar-refractivity contribution >= 4 is 29.9 Å². The minimum atomic E-state index is -4.68. The number of nitrogens with two attached hydrogens (primary N) is 1. The molecule has 1 aliphatic rings. The van der Waals surface area contributed by atoms with Gasteiger partial charge in [0.15, 0.2) is 5.96 Å². The maximum Gasteiger partial charge on any atom is 0.573 e. The molecule has 2 rings (SSSR count). The number of rotatable bonds is 6. The van der Waals surface area contributed by atoms with Crippen molar-refractivity contribution in [3.63, 3.8) is 0 Å². The van der Waals surface area contributed by atoms with Crippen LogP contribution in [-0.2, 0) is 6.54 Å². The molecule has 9 heteroatoms. The predicted octanol–water partition coefficient (Wildman–Crippen LogP) is 3.73. The number of ether oxygens (including phenoxy) is 1. The van der Waals surface area contributed by atoms with Crippen LogP contribution in [-0.4, -0.2) is 42.9 Å². The Morgan fingerprint density at radius 3 is 2.59 bits per heavy atom. The first-order valence-electron chi connectivity index (χ1n) is 8.85. The molecule has 0 bridgehead atoms. The van der Waals surface area contributed by atoms with E-state index >= 15 is 0 Å². The van der Waals surface area contributed by atoms with Gasteiger partial charge < -0.3 is 20.7 Å². The SMILES string of the molecule is CC(C)N1CCCC(CNC(N)=NCc2ccc(OC(F)(F)F)cc2)C1.I. The highest BCUT2D eigenvalue weighted by atomic mass is 127. The highest BCUT2D eigenvalue weighted by Crippen LogP contribution is 2.23. The molecule has 1 unspecified atom stereocenters. The number of hydrogen-bond donors (Lipinski definition) is 2. The minimum Gasteiger partial charge on any atom is -0.406 e. The van der Waals surface area contributed by atoms with Crippen molar-refractivity contribution in [3.05, 3.63) is 29.8 Å². The third kappa shape index (κ3) is 9.00. The molecule has 0 aliphatic carbocycles. The van der Waals surface area contributed by atoms with Gasteiger partial charge in [-0.25, -0.2) is 4.99 Å². The van der Waals surface area contributed by atoms with Crippen LogP contribution in [0, 0.1) is 5.92 Å². The third-order valence-corrected chi connectivity index (χ3v) is 4.44. The lowest BCUT2D eigenvalue weighted by Gasteiger charge is -2.35. The van der Waals surface area contributed by atoms with E-state index in [0.717, 1.165) is 25.2 Å². The Kier molecular flexibility index (Phi) is 9.65. The van der Waals surface area contributed by atoms with Crippen molar-refractivity contribution in [1.82, 2.24) is 10.2 Å². The maximum atomic E-state index is 12.1. The van der Waals surface area contributed by atoms with Crippen LogP contribution in [0.5, 0.6) is 5.75 Å². The number of guanidine groups is 1. The summed E-state index contributed by atoms with van der Waals surface area (Å²) in [5.41, 5.74) is 6.66. The third-order valence-electron chi connectivity index (χ3n) is 4.44. The smallest absolute Gasteiger partial charge is 0.406 e. The molecule has 1 heterocycles. The Balaban J connectivity index is 0.00000364. The maximum absolute atomic E-state index is 12.1. The van der Waals surface area contributed by atoms with E-state index in [9.17, 15) is 13.2 Å². The van der Waals surface area contributed by atoms with Gasteiger partial charge >= 0.3 is 6.36 Å². The van der Waals surface area contributed by atoms with Gasteiger partial charge in [-0.3, -0.25) is 0 Å². The largest absolute Gasteiger partial charge is 0.573 e. The van der Waals surface area contributed by atoms with Gasteiger partial charge in [-0.2, -0.15) is 0 Å². The molecule has 1 aliphatic heterocycles. The molecule has 0 saturated carbocycles. The first kappa shape index (κ1) is 23.8. The Labute approximate surface area is 175 Å². The lowest BCUT2D eigenvalue weighted by Crippen LogP contribution is -2.45. The van der Waals surface area contributed by atoms with Crippen LogP contribution in [0.25, 0.3) is 0 Å². The molecule has 154 valence electrons. The molecule has 0 radical (unpaired) electrons. The normalized spacial score (nSPS) is 18.9. The van der Waals surface area contributed by atoms with Crippen LogP contribution in [0.4, 0.5) is 13.2 Å². The molecule has 0 aromatic heterocycles. The molecule has 5 nitrogen and oxygen atoms in total. The Bertz CT molecular complexity index is 593. The highest BCUT2D eigenvalue weighted by molar-refractivity contribution is 14.0. The number of likely N-dealkylation sites (tertiary alicyclic amines) is 1. The molecule has 27 heavy (non-hydrogen) atoms. The first-order chi connectivity index (χ1) is 12.2. The minimum absolute atomic E-state index is 0. The fourth-order valence-electron chi connectivity index (χ4n) is 3.01. The van der Waals surface area contributed by atoms with Gasteiger partial charge in [-0.1, -0.05) is 12.1 Å². The zero-order chi connectivity index (χ0) is 19.2. The number of halogens is 4. The van der Waals surface area contributed by atoms with Crippen LogP contribution in [0.1, 0.15) is 32.3 Å². The van der Waals surface area contributed by atoms with Crippen molar-refractivity contribution in [2.45, 2.75) is 45.6 Å². The van der Waals surface area contributed by atoms with Crippen LogP contribution in [0.15, 0.2) is 29.3 Å². The van der Waals surface area contributed by atoms with E-state index in [1.54, 1.807) is 12.1 Å². The summed E-state index contributed by atoms with van der Waals surface area (Å²) >= 11 is 0. The molecule has 1 aromatic carbocycles. The van der Waals surface area contributed by atoms with Gasteiger partial charge in [-0.15, -0.1) is 37.1 Å². The van der Waals surface area contributed by atoms with Crippen molar-refractivity contribution < 1.29 is 17.9 Å². The van der Waals surface area contributed by atoms with Crippen LogP contribution in [0.2, 0.25) is 0 Å². The fourth-order valence-corrected chi connectivity index (χ4v) is 3.01. The molecule has 0 amide bonds. The van der Waals surface area contributed by atoms with Crippen LogP contribution < -0.4 is 15.8 Å². The van der Waals surface area contributed by atoms with Gasteiger partial charge in [-0.05, 0) is 56.8 Å². The van der Waals surface area contributed by atoms with E-state index in [0.29, 0.717) is 24.5 Å². The number of hydrogen-bond acceptors (Lipinski definition) is 3. The summed E-state index contributed by atoms with van der Waals surface area (Å²) in [6.07, 6.45) is -2.32. The van der Waals surface area contributed by atoms with E-state index in [1.807, 2.05) is 0 Å². The lowest BCUT2D eigenvalue weighted by molar-refractivity contribution is -0.274. The number of nitrogens with one attached hydrogen (secondary N) is 1. The predicted molar refractivity (Wildman–Crippen MR) is 111 cm³/mol. The second kappa shape index (κ2) is 10.9. The van der Waals surface area contributed by atoms with E-state index in [1.165, 1.54) is 25.0 Å². The van der Waals surface area contributed by atoms with Crippen molar-refractivity contribution in [3.8, 4) is 5.75 Å². The van der Waals surface area contributed by atoms with Gasteiger partial charge in [0.05, 0.1) is 6.54 Å². The summed E-state index contributed by atoms with van der Waals surface area (Å²) in [6.45, 7) is 7.68. The van der Waals surface area contributed by atoms with Gasteiger partial charge in [0.2, 0.25) is 0 Å².